The lowest BCUT2D eigenvalue weighted by atomic mass is 9.95. The molecule has 0 unspecified atom stereocenters. The topological polar surface area (TPSA) is 50.8 Å². The fourth-order valence-corrected chi connectivity index (χ4v) is 3.62. The highest BCUT2D eigenvalue weighted by Crippen LogP contribution is 2.34. The van der Waals surface area contributed by atoms with Gasteiger partial charge < -0.3 is 19.7 Å². The predicted octanol–water partition coefficient (Wildman–Crippen LogP) is 3.59. The number of hydrogen-bond acceptors (Lipinski definition) is 4. The molecule has 2 aromatic carbocycles. The highest BCUT2D eigenvalue weighted by Gasteiger charge is 2.25. The van der Waals surface area contributed by atoms with Crippen molar-refractivity contribution in [2.24, 2.45) is 5.92 Å². The molecule has 2 aromatic rings. The highest BCUT2D eigenvalue weighted by atomic mass is 19.2. The summed E-state index contributed by atoms with van der Waals surface area (Å²) in [6, 6.07) is 9.40. The van der Waals surface area contributed by atoms with Crippen molar-refractivity contribution in [1.29, 1.82) is 0 Å². The number of anilines is 1. The minimum absolute atomic E-state index is 0.0131. The van der Waals surface area contributed by atoms with Gasteiger partial charge in [-0.05, 0) is 62.2 Å². The molecule has 1 fully saturated rings. The maximum absolute atomic E-state index is 13.3. The average molecular weight is 388 g/mol. The smallest absolute Gasteiger partial charge is 0.231 e. The molecule has 0 spiro atoms. The number of rotatable bonds is 5. The van der Waals surface area contributed by atoms with Crippen LogP contribution >= 0.6 is 0 Å². The van der Waals surface area contributed by atoms with E-state index in [0.717, 1.165) is 44.1 Å². The van der Waals surface area contributed by atoms with Crippen molar-refractivity contribution >= 4 is 11.6 Å². The van der Waals surface area contributed by atoms with Gasteiger partial charge in [0.15, 0.2) is 23.1 Å². The largest absolute Gasteiger partial charge is 0.454 e. The SMILES string of the molecule is O=C(Nc1ccc2c(c1)OCO2)C1CCN(CCc2ccc(F)c(F)c2)CC1. The van der Waals surface area contributed by atoms with Gasteiger partial charge >= 0.3 is 0 Å². The lowest BCUT2D eigenvalue weighted by Crippen LogP contribution is -2.39. The normalized spacial score (nSPS) is 16.9. The zero-order chi connectivity index (χ0) is 19.5. The first kappa shape index (κ1) is 18.7. The van der Waals surface area contributed by atoms with E-state index in [1.807, 2.05) is 6.07 Å². The molecule has 2 aliphatic rings. The van der Waals surface area contributed by atoms with E-state index in [4.69, 9.17) is 9.47 Å². The molecule has 4 rings (SSSR count). The van der Waals surface area contributed by atoms with Gasteiger partial charge in [-0.25, -0.2) is 8.78 Å². The number of carbonyl (C=O) groups excluding carboxylic acids is 1. The number of nitrogens with one attached hydrogen (secondary N) is 1. The molecule has 148 valence electrons. The Bertz CT molecular complexity index is 867. The van der Waals surface area contributed by atoms with Crippen LogP contribution in [0.5, 0.6) is 11.5 Å². The molecule has 0 aromatic heterocycles. The van der Waals surface area contributed by atoms with Crippen molar-refractivity contribution in [1.82, 2.24) is 4.90 Å². The summed E-state index contributed by atoms with van der Waals surface area (Å²) in [6.45, 7) is 2.59. The Morgan fingerprint density at radius 1 is 1.04 bits per heavy atom. The van der Waals surface area contributed by atoms with Crippen molar-refractivity contribution < 1.29 is 23.0 Å². The van der Waals surface area contributed by atoms with Crippen molar-refractivity contribution in [3.63, 3.8) is 0 Å². The zero-order valence-corrected chi connectivity index (χ0v) is 15.4. The van der Waals surface area contributed by atoms with E-state index in [9.17, 15) is 13.6 Å². The third-order valence-corrected chi connectivity index (χ3v) is 5.30. The molecule has 2 aliphatic heterocycles. The molecule has 0 atom stereocenters. The third-order valence-electron chi connectivity index (χ3n) is 5.30. The van der Waals surface area contributed by atoms with Crippen LogP contribution in [0, 0.1) is 17.6 Å². The summed E-state index contributed by atoms with van der Waals surface area (Å²) in [5.41, 5.74) is 1.48. The number of likely N-dealkylation sites (tertiary alicyclic amines) is 1. The first-order chi connectivity index (χ1) is 13.6. The van der Waals surface area contributed by atoms with Gasteiger partial charge in [0.05, 0.1) is 0 Å². The van der Waals surface area contributed by atoms with E-state index in [1.54, 1.807) is 18.2 Å². The van der Waals surface area contributed by atoms with Crippen LogP contribution in [0.3, 0.4) is 0 Å². The second-order valence-corrected chi connectivity index (χ2v) is 7.17. The molecule has 0 bridgehead atoms. The molecule has 5 nitrogen and oxygen atoms in total. The van der Waals surface area contributed by atoms with Crippen LogP contribution in [0.2, 0.25) is 0 Å². The Hall–Kier alpha value is -2.67. The summed E-state index contributed by atoms with van der Waals surface area (Å²) in [6.07, 6.45) is 2.20. The molecule has 28 heavy (non-hydrogen) atoms. The van der Waals surface area contributed by atoms with Gasteiger partial charge in [-0.2, -0.15) is 0 Å². The lowest BCUT2D eigenvalue weighted by Gasteiger charge is -2.31. The van der Waals surface area contributed by atoms with Crippen molar-refractivity contribution in [3.8, 4) is 11.5 Å². The van der Waals surface area contributed by atoms with Crippen LogP contribution in [0.15, 0.2) is 36.4 Å². The Morgan fingerprint density at radius 2 is 1.82 bits per heavy atom. The number of carbonyl (C=O) groups is 1. The minimum atomic E-state index is -0.821. The number of amides is 1. The molecule has 0 radical (unpaired) electrons. The van der Waals surface area contributed by atoms with Crippen LogP contribution in [0.25, 0.3) is 0 Å². The van der Waals surface area contributed by atoms with Gasteiger partial charge in [-0.1, -0.05) is 6.07 Å². The summed E-state index contributed by atoms with van der Waals surface area (Å²) in [5.74, 6) is -0.323. The number of benzene rings is 2. The van der Waals surface area contributed by atoms with Crippen molar-refractivity contribution in [2.45, 2.75) is 19.3 Å². The number of nitrogens with zero attached hydrogens (tertiary/aromatic N) is 1. The van der Waals surface area contributed by atoms with Gasteiger partial charge in [0.1, 0.15) is 0 Å². The van der Waals surface area contributed by atoms with Crippen LogP contribution < -0.4 is 14.8 Å². The van der Waals surface area contributed by atoms with Crippen LogP contribution in [0.4, 0.5) is 14.5 Å². The number of piperidine rings is 1. The second kappa shape index (κ2) is 8.14. The Labute approximate surface area is 162 Å². The standard InChI is InChI=1S/C21H22F2N2O3/c22-17-3-1-14(11-18(17)23)5-8-25-9-6-15(7-10-25)21(26)24-16-2-4-19-20(12-16)28-13-27-19/h1-4,11-12,15H,5-10,13H2,(H,24,26). The van der Waals surface area contributed by atoms with Gasteiger partial charge in [-0.3, -0.25) is 4.79 Å². The summed E-state index contributed by atoms with van der Waals surface area (Å²) in [7, 11) is 0. The summed E-state index contributed by atoms with van der Waals surface area (Å²) < 4.78 is 36.9. The average Bonchev–Trinajstić information content (AvgIpc) is 3.17. The van der Waals surface area contributed by atoms with E-state index >= 15 is 0 Å². The number of fused-ring (bicyclic) bond motifs is 1. The minimum Gasteiger partial charge on any atom is -0.454 e. The molecule has 0 saturated carbocycles. The Morgan fingerprint density at radius 3 is 2.61 bits per heavy atom. The van der Waals surface area contributed by atoms with E-state index in [2.05, 4.69) is 10.2 Å². The molecular weight excluding hydrogens is 366 g/mol. The Balaban J connectivity index is 1.24. The first-order valence-corrected chi connectivity index (χ1v) is 9.45. The molecule has 7 heteroatoms. The van der Waals surface area contributed by atoms with E-state index in [0.29, 0.717) is 23.6 Å². The van der Waals surface area contributed by atoms with Crippen molar-refractivity contribution in [3.05, 3.63) is 53.6 Å². The molecule has 2 heterocycles. The monoisotopic (exact) mass is 388 g/mol. The van der Waals surface area contributed by atoms with Gasteiger partial charge in [0.25, 0.3) is 0 Å². The fraction of sp³-hybridized carbons (Fsp3) is 0.381. The van der Waals surface area contributed by atoms with Crippen LogP contribution in [-0.2, 0) is 11.2 Å². The summed E-state index contributed by atoms with van der Waals surface area (Å²) in [4.78, 5) is 14.8. The highest BCUT2D eigenvalue weighted by molar-refractivity contribution is 5.93. The molecular formula is C21H22F2N2O3. The Kier molecular flexibility index (Phi) is 5.43. The second-order valence-electron chi connectivity index (χ2n) is 7.17. The van der Waals surface area contributed by atoms with Gasteiger partial charge in [-0.15, -0.1) is 0 Å². The third kappa shape index (κ3) is 4.25. The molecule has 0 aliphatic carbocycles. The maximum Gasteiger partial charge on any atom is 0.231 e. The van der Waals surface area contributed by atoms with Crippen molar-refractivity contribution in [2.75, 3.05) is 31.7 Å². The first-order valence-electron chi connectivity index (χ1n) is 9.45. The molecule has 1 amide bonds. The maximum atomic E-state index is 13.3. The zero-order valence-electron chi connectivity index (χ0n) is 15.4. The number of hydrogen-bond donors (Lipinski definition) is 1. The number of halogens is 2. The van der Waals surface area contributed by atoms with Gasteiger partial charge in [0, 0.05) is 24.2 Å². The summed E-state index contributed by atoms with van der Waals surface area (Å²) >= 11 is 0. The van der Waals surface area contributed by atoms with E-state index < -0.39 is 11.6 Å². The quantitative estimate of drug-likeness (QED) is 0.851. The fourth-order valence-electron chi connectivity index (χ4n) is 3.62. The van der Waals surface area contributed by atoms with Crippen LogP contribution in [-0.4, -0.2) is 37.2 Å². The summed E-state index contributed by atoms with van der Waals surface area (Å²) in [5, 5.41) is 2.96. The lowest BCUT2D eigenvalue weighted by molar-refractivity contribution is -0.121. The molecule has 1 N–H and O–H groups in total. The van der Waals surface area contributed by atoms with E-state index in [-0.39, 0.29) is 18.6 Å². The van der Waals surface area contributed by atoms with E-state index in [1.165, 1.54) is 6.07 Å². The van der Waals surface area contributed by atoms with Gasteiger partial charge in [0.2, 0.25) is 12.7 Å². The predicted molar refractivity (Wildman–Crippen MR) is 100 cm³/mol. The number of ether oxygens (including phenoxy) is 2. The van der Waals surface area contributed by atoms with Crippen LogP contribution in [0.1, 0.15) is 18.4 Å². The molecule has 1 saturated heterocycles.